The van der Waals surface area contributed by atoms with E-state index in [2.05, 4.69) is 4.98 Å². The minimum Gasteiger partial charge on any atom is -0.489 e. The molecular weight excluding hydrogens is 262 g/mol. The van der Waals surface area contributed by atoms with Crippen molar-refractivity contribution in [2.24, 2.45) is 0 Å². The van der Waals surface area contributed by atoms with Gasteiger partial charge >= 0.3 is 0 Å². The molecule has 0 aliphatic heterocycles. The zero-order valence-corrected chi connectivity index (χ0v) is 10.6. The van der Waals surface area contributed by atoms with E-state index < -0.39 is 0 Å². The van der Waals surface area contributed by atoms with E-state index in [1.54, 1.807) is 36.5 Å². The number of ether oxygens (including phenoxy) is 1. The molecule has 0 bridgehead atoms. The highest BCUT2D eigenvalue weighted by Crippen LogP contribution is 2.22. The minimum absolute atomic E-state index is 0.221. The maximum atomic E-state index is 8.90. The third kappa shape index (κ3) is 3.01. The predicted octanol–water partition coefficient (Wildman–Crippen LogP) is 3.06. The molecule has 1 aromatic heterocycles. The minimum atomic E-state index is 0.221. The molecule has 19 heavy (non-hydrogen) atoms. The maximum Gasteiger partial charge on any atom is 0.147 e. The maximum absolute atomic E-state index is 8.90. The van der Waals surface area contributed by atoms with Gasteiger partial charge in [-0.15, -0.1) is 0 Å². The van der Waals surface area contributed by atoms with Gasteiger partial charge in [0.2, 0.25) is 0 Å². The van der Waals surface area contributed by atoms with Crippen molar-refractivity contribution in [2.75, 3.05) is 0 Å². The molecule has 5 heteroatoms. The summed E-state index contributed by atoms with van der Waals surface area (Å²) in [6.45, 7) is 0.221. The number of nitrogens with zero attached hydrogens (tertiary/aromatic N) is 3. The Morgan fingerprint density at radius 1 is 1.21 bits per heavy atom. The molecule has 0 N–H and O–H groups in total. The Morgan fingerprint density at radius 3 is 2.74 bits per heavy atom. The summed E-state index contributed by atoms with van der Waals surface area (Å²) in [7, 11) is 0. The third-order valence-electron chi connectivity index (χ3n) is 2.45. The van der Waals surface area contributed by atoms with E-state index in [1.165, 1.54) is 0 Å². The van der Waals surface area contributed by atoms with Crippen molar-refractivity contribution in [1.82, 2.24) is 4.98 Å². The Labute approximate surface area is 115 Å². The van der Waals surface area contributed by atoms with Crippen LogP contribution in [0.5, 0.6) is 5.75 Å². The normalized spacial score (nSPS) is 9.42. The third-order valence-corrected chi connectivity index (χ3v) is 2.77. The zero-order valence-electron chi connectivity index (χ0n) is 9.80. The van der Waals surface area contributed by atoms with Gasteiger partial charge in [-0.3, -0.25) is 0 Å². The second kappa shape index (κ2) is 5.86. The molecule has 4 nitrogen and oxygen atoms in total. The van der Waals surface area contributed by atoms with E-state index in [-0.39, 0.29) is 6.61 Å². The topological polar surface area (TPSA) is 69.7 Å². The van der Waals surface area contributed by atoms with Crippen LogP contribution in [0.1, 0.15) is 16.8 Å². The molecule has 0 saturated carbocycles. The smallest absolute Gasteiger partial charge is 0.147 e. The lowest BCUT2D eigenvalue weighted by molar-refractivity contribution is 0.305. The molecule has 0 aliphatic carbocycles. The summed E-state index contributed by atoms with van der Waals surface area (Å²) in [6, 6.07) is 12.3. The van der Waals surface area contributed by atoms with Crippen LogP contribution in [0.3, 0.4) is 0 Å². The number of hydrogen-bond donors (Lipinski definition) is 0. The number of halogens is 1. The molecule has 2 rings (SSSR count). The summed E-state index contributed by atoms with van der Waals surface area (Å²) < 4.78 is 5.53. The second-order valence-electron chi connectivity index (χ2n) is 3.67. The Kier molecular flexibility index (Phi) is 3.97. The Bertz CT molecular complexity index is 686. The van der Waals surface area contributed by atoms with E-state index in [0.717, 1.165) is 0 Å². The first-order valence-electron chi connectivity index (χ1n) is 5.41. The van der Waals surface area contributed by atoms with Gasteiger partial charge in [-0.2, -0.15) is 10.5 Å². The van der Waals surface area contributed by atoms with Crippen molar-refractivity contribution in [3.8, 4) is 17.9 Å². The van der Waals surface area contributed by atoms with Gasteiger partial charge in [-0.25, -0.2) is 4.98 Å². The van der Waals surface area contributed by atoms with Crippen molar-refractivity contribution in [1.29, 1.82) is 10.5 Å². The molecule has 0 atom stereocenters. The summed E-state index contributed by atoms with van der Waals surface area (Å²) in [5.41, 5.74) is 1.43. The Hall–Kier alpha value is -2.56. The summed E-state index contributed by atoms with van der Waals surface area (Å²) in [5, 5.41) is 18.0. The first-order chi connectivity index (χ1) is 9.24. The van der Waals surface area contributed by atoms with Crippen LogP contribution in [-0.2, 0) is 6.61 Å². The van der Waals surface area contributed by atoms with E-state index in [9.17, 15) is 0 Å². The van der Waals surface area contributed by atoms with Gasteiger partial charge in [-0.05, 0) is 18.2 Å². The van der Waals surface area contributed by atoms with E-state index in [0.29, 0.717) is 27.6 Å². The van der Waals surface area contributed by atoms with Crippen LogP contribution < -0.4 is 4.74 Å². The SMILES string of the molecule is N#Cc1ccc(OCc2cccnc2C#N)cc1Cl. The summed E-state index contributed by atoms with van der Waals surface area (Å²) in [5.74, 6) is 0.539. The fraction of sp³-hybridized carbons (Fsp3) is 0.0714. The van der Waals surface area contributed by atoms with Crippen molar-refractivity contribution in [3.05, 3.63) is 58.4 Å². The lowest BCUT2D eigenvalue weighted by Gasteiger charge is -2.07. The van der Waals surface area contributed by atoms with Gasteiger partial charge in [0, 0.05) is 17.8 Å². The molecule has 0 unspecified atom stereocenters. The number of rotatable bonds is 3. The van der Waals surface area contributed by atoms with Crippen LogP contribution in [0.25, 0.3) is 0 Å². The van der Waals surface area contributed by atoms with Crippen LogP contribution in [-0.4, -0.2) is 4.98 Å². The van der Waals surface area contributed by atoms with Gasteiger partial charge < -0.3 is 4.74 Å². The van der Waals surface area contributed by atoms with Crippen LogP contribution >= 0.6 is 11.6 Å². The second-order valence-corrected chi connectivity index (χ2v) is 4.07. The quantitative estimate of drug-likeness (QED) is 0.859. The average Bonchev–Trinajstić information content (AvgIpc) is 2.45. The van der Waals surface area contributed by atoms with Crippen molar-refractivity contribution < 1.29 is 4.74 Å². The monoisotopic (exact) mass is 269 g/mol. The summed E-state index contributed by atoms with van der Waals surface area (Å²) >= 11 is 5.90. The predicted molar refractivity (Wildman–Crippen MR) is 69.5 cm³/mol. The highest BCUT2D eigenvalue weighted by molar-refractivity contribution is 6.31. The number of hydrogen-bond acceptors (Lipinski definition) is 4. The van der Waals surface area contributed by atoms with Gasteiger partial charge in [0.1, 0.15) is 30.2 Å². The molecule has 0 radical (unpaired) electrons. The largest absolute Gasteiger partial charge is 0.489 e. The highest BCUT2D eigenvalue weighted by atomic mass is 35.5. The van der Waals surface area contributed by atoms with Gasteiger partial charge in [0.25, 0.3) is 0 Å². The van der Waals surface area contributed by atoms with Crippen LogP contribution in [0.2, 0.25) is 5.02 Å². The van der Waals surface area contributed by atoms with Crippen LogP contribution in [0.4, 0.5) is 0 Å². The average molecular weight is 270 g/mol. The lowest BCUT2D eigenvalue weighted by atomic mass is 10.2. The fourth-order valence-corrected chi connectivity index (χ4v) is 1.71. The molecule has 0 spiro atoms. The molecule has 92 valence electrons. The standard InChI is InChI=1S/C14H8ClN3O/c15-13-6-12(4-3-10(13)7-16)19-9-11-2-1-5-18-14(11)8-17/h1-6H,9H2. The molecule has 2 aromatic rings. The van der Waals surface area contributed by atoms with Gasteiger partial charge in [0.15, 0.2) is 0 Å². The van der Waals surface area contributed by atoms with E-state index >= 15 is 0 Å². The summed E-state index contributed by atoms with van der Waals surface area (Å²) in [4.78, 5) is 3.94. The molecule has 0 fully saturated rings. The first kappa shape index (κ1) is 12.9. The highest BCUT2D eigenvalue weighted by Gasteiger charge is 2.05. The Morgan fingerprint density at radius 2 is 2.05 bits per heavy atom. The van der Waals surface area contributed by atoms with Crippen LogP contribution in [0, 0.1) is 22.7 Å². The lowest BCUT2D eigenvalue weighted by Crippen LogP contribution is -1.99. The molecule has 0 amide bonds. The molecule has 1 aromatic carbocycles. The van der Waals surface area contributed by atoms with Crippen molar-refractivity contribution >= 4 is 11.6 Å². The first-order valence-corrected chi connectivity index (χ1v) is 5.79. The molecule has 0 saturated heterocycles. The zero-order chi connectivity index (χ0) is 13.7. The molecule has 1 heterocycles. The number of benzene rings is 1. The molecule has 0 aliphatic rings. The van der Waals surface area contributed by atoms with Crippen LogP contribution in [0.15, 0.2) is 36.5 Å². The number of pyridine rings is 1. The Balaban J connectivity index is 2.13. The number of aromatic nitrogens is 1. The van der Waals surface area contributed by atoms with Gasteiger partial charge in [0.05, 0.1) is 10.6 Å². The number of nitriles is 2. The van der Waals surface area contributed by atoms with E-state index in [4.69, 9.17) is 26.9 Å². The van der Waals surface area contributed by atoms with Gasteiger partial charge in [-0.1, -0.05) is 17.7 Å². The van der Waals surface area contributed by atoms with E-state index in [1.807, 2.05) is 12.1 Å². The van der Waals surface area contributed by atoms with Crippen molar-refractivity contribution in [3.63, 3.8) is 0 Å². The van der Waals surface area contributed by atoms with Crippen molar-refractivity contribution in [2.45, 2.75) is 6.61 Å². The molecular formula is C14H8ClN3O. The summed E-state index contributed by atoms with van der Waals surface area (Å²) in [6.07, 6.45) is 1.56. The fourth-order valence-electron chi connectivity index (χ4n) is 1.49.